The number of aromatic hydroxyl groups is 1. The second-order valence-electron chi connectivity index (χ2n) is 5.53. The molecule has 22 heavy (non-hydrogen) atoms. The van der Waals surface area contributed by atoms with Crippen molar-refractivity contribution in [3.05, 3.63) is 54.0 Å². The molecule has 0 saturated carbocycles. The number of fused-ring (bicyclic) bond motifs is 1. The van der Waals surface area contributed by atoms with Crippen LogP contribution in [0.2, 0.25) is 0 Å². The molecular formula is C17H17N3OS. The van der Waals surface area contributed by atoms with Gasteiger partial charge in [-0.3, -0.25) is 0 Å². The molecule has 2 aromatic heterocycles. The van der Waals surface area contributed by atoms with E-state index in [2.05, 4.69) is 9.55 Å². The minimum absolute atomic E-state index is 0.324. The SMILES string of the molecule is Oc1ccccc1Cn1c(C2CCCS2)nc2cccnc21. The van der Waals surface area contributed by atoms with E-state index in [-0.39, 0.29) is 0 Å². The number of nitrogens with zero attached hydrogens (tertiary/aromatic N) is 3. The molecule has 0 spiro atoms. The maximum Gasteiger partial charge on any atom is 0.160 e. The lowest BCUT2D eigenvalue weighted by atomic mass is 10.2. The van der Waals surface area contributed by atoms with Crippen LogP contribution in [0.25, 0.3) is 11.2 Å². The summed E-state index contributed by atoms with van der Waals surface area (Å²) in [6.45, 7) is 0.604. The number of para-hydroxylation sites is 1. The Labute approximate surface area is 133 Å². The highest BCUT2D eigenvalue weighted by molar-refractivity contribution is 7.99. The second-order valence-corrected chi connectivity index (χ2v) is 6.84. The first kappa shape index (κ1) is 13.6. The zero-order chi connectivity index (χ0) is 14.9. The van der Waals surface area contributed by atoms with Crippen molar-refractivity contribution in [3.63, 3.8) is 0 Å². The number of hydrogen-bond donors (Lipinski definition) is 1. The van der Waals surface area contributed by atoms with Gasteiger partial charge in [0.2, 0.25) is 0 Å². The number of benzene rings is 1. The number of imidazole rings is 1. The molecule has 5 heteroatoms. The number of hydrogen-bond acceptors (Lipinski definition) is 4. The third-order valence-corrected chi connectivity index (χ3v) is 5.44. The summed E-state index contributed by atoms with van der Waals surface area (Å²) < 4.78 is 2.16. The predicted molar refractivity (Wildman–Crippen MR) is 89.2 cm³/mol. The van der Waals surface area contributed by atoms with E-state index < -0.39 is 0 Å². The van der Waals surface area contributed by atoms with Gasteiger partial charge in [0.25, 0.3) is 0 Å². The number of pyridine rings is 1. The molecule has 1 saturated heterocycles. The molecule has 1 aliphatic heterocycles. The Morgan fingerprint density at radius 3 is 2.95 bits per heavy atom. The van der Waals surface area contributed by atoms with E-state index in [0.29, 0.717) is 17.5 Å². The van der Waals surface area contributed by atoms with Crippen molar-refractivity contribution in [2.75, 3.05) is 5.75 Å². The predicted octanol–water partition coefficient (Wildman–Crippen LogP) is 3.75. The standard InChI is InChI=1S/C17H17N3OS/c21-14-7-2-1-5-12(14)11-20-16-13(6-3-9-18-16)19-17(20)15-8-4-10-22-15/h1-3,5-7,9,15,21H,4,8,10-11H2. The van der Waals surface area contributed by atoms with Gasteiger partial charge in [0.15, 0.2) is 5.65 Å². The Morgan fingerprint density at radius 2 is 2.14 bits per heavy atom. The monoisotopic (exact) mass is 311 g/mol. The van der Waals surface area contributed by atoms with Crippen molar-refractivity contribution in [1.82, 2.24) is 14.5 Å². The zero-order valence-electron chi connectivity index (χ0n) is 12.1. The highest BCUT2D eigenvalue weighted by atomic mass is 32.2. The molecule has 1 aromatic carbocycles. The Hall–Kier alpha value is -2.01. The van der Waals surface area contributed by atoms with Gasteiger partial charge in [0, 0.05) is 11.8 Å². The van der Waals surface area contributed by atoms with Crippen LogP contribution >= 0.6 is 11.8 Å². The lowest BCUT2D eigenvalue weighted by Gasteiger charge is -2.13. The summed E-state index contributed by atoms with van der Waals surface area (Å²) in [6.07, 6.45) is 4.20. The minimum Gasteiger partial charge on any atom is -0.508 e. The smallest absolute Gasteiger partial charge is 0.160 e. The molecule has 0 bridgehead atoms. The third-order valence-electron chi connectivity index (χ3n) is 4.07. The molecule has 3 heterocycles. The third kappa shape index (κ3) is 2.35. The summed E-state index contributed by atoms with van der Waals surface area (Å²) in [6, 6.07) is 11.4. The number of thioether (sulfide) groups is 1. The Kier molecular flexibility index (Phi) is 3.50. The molecule has 1 fully saturated rings. The largest absolute Gasteiger partial charge is 0.508 e. The normalized spacial score (nSPS) is 18.1. The first-order valence-corrected chi connectivity index (χ1v) is 8.57. The maximum absolute atomic E-state index is 10.1. The van der Waals surface area contributed by atoms with Gasteiger partial charge < -0.3 is 9.67 Å². The molecule has 0 amide bonds. The van der Waals surface area contributed by atoms with Crippen molar-refractivity contribution in [3.8, 4) is 5.75 Å². The van der Waals surface area contributed by atoms with Gasteiger partial charge >= 0.3 is 0 Å². The van der Waals surface area contributed by atoms with Crippen molar-refractivity contribution >= 4 is 22.9 Å². The first-order chi connectivity index (χ1) is 10.8. The van der Waals surface area contributed by atoms with E-state index >= 15 is 0 Å². The molecule has 112 valence electrons. The van der Waals surface area contributed by atoms with Crippen molar-refractivity contribution in [2.45, 2.75) is 24.6 Å². The van der Waals surface area contributed by atoms with E-state index in [1.165, 1.54) is 12.2 Å². The summed E-state index contributed by atoms with van der Waals surface area (Å²) in [5, 5.41) is 10.5. The lowest BCUT2D eigenvalue weighted by molar-refractivity contribution is 0.465. The minimum atomic E-state index is 0.324. The average molecular weight is 311 g/mol. The summed E-state index contributed by atoms with van der Waals surface area (Å²) in [5.74, 6) is 2.60. The molecular weight excluding hydrogens is 294 g/mol. The summed E-state index contributed by atoms with van der Waals surface area (Å²) >= 11 is 1.97. The van der Waals surface area contributed by atoms with Gasteiger partial charge in [-0.15, -0.1) is 0 Å². The fraction of sp³-hybridized carbons (Fsp3) is 0.294. The molecule has 1 atom stereocenters. The van der Waals surface area contributed by atoms with Crippen LogP contribution < -0.4 is 0 Å². The Bertz CT molecular complexity index is 809. The van der Waals surface area contributed by atoms with E-state index in [4.69, 9.17) is 4.98 Å². The summed E-state index contributed by atoms with van der Waals surface area (Å²) in [7, 11) is 0. The van der Waals surface area contributed by atoms with Crippen molar-refractivity contribution < 1.29 is 5.11 Å². The van der Waals surface area contributed by atoms with Crippen molar-refractivity contribution in [2.24, 2.45) is 0 Å². The summed E-state index contributed by atoms with van der Waals surface area (Å²) in [4.78, 5) is 9.33. The van der Waals surface area contributed by atoms with Gasteiger partial charge in [-0.05, 0) is 36.8 Å². The van der Waals surface area contributed by atoms with Crippen LogP contribution in [0.4, 0.5) is 0 Å². The zero-order valence-corrected chi connectivity index (χ0v) is 13.0. The fourth-order valence-electron chi connectivity index (χ4n) is 2.97. The van der Waals surface area contributed by atoms with E-state index in [1.54, 1.807) is 12.3 Å². The quantitative estimate of drug-likeness (QED) is 0.800. The van der Waals surface area contributed by atoms with Crippen LogP contribution in [-0.4, -0.2) is 25.4 Å². The molecule has 1 aliphatic rings. The topological polar surface area (TPSA) is 50.9 Å². The number of aromatic nitrogens is 3. The van der Waals surface area contributed by atoms with E-state index in [0.717, 1.165) is 29.0 Å². The molecule has 4 rings (SSSR count). The Balaban J connectivity index is 1.83. The fourth-order valence-corrected chi connectivity index (χ4v) is 4.25. The molecule has 1 N–H and O–H groups in total. The number of phenolic OH excluding ortho intramolecular Hbond substituents is 1. The molecule has 4 nitrogen and oxygen atoms in total. The highest BCUT2D eigenvalue weighted by Gasteiger charge is 2.25. The van der Waals surface area contributed by atoms with E-state index in [9.17, 15) is 5.11 Å². The lowest BCUT2D eigenvalue weighted by Crippen LogP contribution is -2.07. The van der Waals surface area contributed by atoms with Crippen molar-refractivity contribution in [1.29, 1.82) is 0 Å². The molecule has 1 unspecified atom stereocenters. The van der Waals surface area contributed by atoms with Crippen LogP contribution in [0.15, 0.2) is 42.6 Å². The van der Waals surface area contributed by atoms with Gasteiger partial charge in [0.1, 0.15) is 17.1 Å². The van der Waals surface area contributed by atoms with Crippen LogP contribution in [-0.2, 0) is 6.54 Å². The molecule has 0 radical (unpaired) electrons. The number of phenols is 1. The van der Waals surface area contributed by atoms with Gasteiger partial charge in [-0.25, -0.2) is 9.97 Å². The van der Waals surface area contributed by atoms with Gasteiger partial charge in [-0.1, -0.05) is 18.2 Å². The molecule has 3 aromatic rings. The Morgan fingerprint density at radius 1 is 1.23 bits per heavy atom. The first-order valence-electron chi connectivity index (χ1n) is 7.52. The second kappa shape index (κ2) is 5.65. The van der Waals surface area contributed by atoms with Crippen LogP contribution in [0.3, 0.4) is 0 Å². The summed E-state index contributed by atoms with van der Waals surface area (Å²) in [5.41, 5.74) is 2.73. The van der Waals surface area contributed by atoms with Crippen LogP contribution in [0.5, 0.6) is 5.75 Å². The number of rotatable bonds is 3. The maximum atomic E-state index is 10.1. The van der Waals surface area contributed by atoms with Crippen LogP contribution in [0.1, 0.15) is 29.5 Å². The average Bonchev–Trinajstić information content (AvgIpc) is 3.17. The van der Waals surface area contributed by atoms with Gasteiger partial charge in [0.05, 0.1) is 11.8 Å². The molecule has 0 aliphatic carbocycles. The highest BCUT2D eigenvalue weighted by Crippen LogP contribution is 2.40. The van der Waals surface area contributed by atoms with Gasteiger partial charge in [-0.2, -0.15) is 11.8 Å². The van der Waals surface area contributed by atoms with E-state index in [1.807, 2.05) is 42.1 Å². The van der Waals surface area contributed by atoms with Crippen LogP contribution in [0, 0.1) is 0 Å².